The number of ether oxygens (including phenoxy) is 2. The second kappa shape index (κ2) is 10.8. The van der Waals surface area contributed by atoms with Crippen LogP contribution in [0.15, 0.2) is 47.4 Å². The SMILES string of the molecule is CC(C)OC(=O)[C@@H](C)N[P@](=S)(OCC1OC2(CC2n2ccc(N)nc2=O)[C@](F)(Cl)[C@@H]1O)Oc1ccccc1. The lowest BCUT2D eigenvalue weighted by Gasteiger charge is -2.28. The molecule has 1 saturated heterocycles. The summed E-state index contributed by atoms with van der Waals surface area (Å²) in [5, 5.41) is 10.9. The highest BCUT2D eigenvalue weighted by Crippen LogP contribution is 2.65. The fraction of sp³-hybridized carbons (Fsp3) is 0.522. The van der Waals surface area contributed by atoms with Crippen LogP contribution in [0.3, 0.4) is 0 Å². The average molecular weight is 591 g/mol. The summed E-state index contributed by atoms with van der Waals surface area (Å²) in [5.74, 6) is -0.190. The number of anilines is 1. The van der Waals surface area contributed by atoms with E-state index in [0.717, 1.165) is 4.57 Å². The second-order valence-corrected chi connectivity index (χ2v) is 13.1. The lowest BCUT2D eigenvalue weighted by Crippen LogP contribution is -2.43. The molecule has 0 radical (unpaired) electrons. The van der Waals surface area contributed by atoms with E-state index >= 15 is 4.39 Å². The Morgan fingerprint density at radius 2 is 2.08 bits per heavy atom. The van der Waals surface area contributed by atoms with Crippen molar-refractivity contribution in [3.05, 3.63) is 53.1 Å². The summed E-state index contributed by atoms with van der Waals surface area (Å²) >= 11 is 11.8. The van der Waals surface area contributed by atoms with Crippen LogP contribution in [-0.2, 0) is 30.6 Å². The first kappa shape index (κ1) is 28.9. The Kier molecular flexibility index (Phi) is 8.21. The molecule has 11 nitrogen and oxygen atoms in total. The molecule has 0 amide bonds. The molecule has 3 unspecified atom stereocenters. The van der Waals surface area contributed by atoms with Crippen molar-refractivity contribution in [1.29, 1.82) is 0 Å². The first-order chi connectivity index (χ1) is 17.8. The summed E-state index contributed by atoms with van der Waals surface area (Å²) in [6.07, 6.45) is -2.06. The minimum atomic E-state index is -3.48. The number of para-hydroxylation sites is 1. The van der Waals surface area contributed by atoms with Crippen LogP contribution < -0.4 is 21.0 Å². The third-order valence-electron chi connectivity index (χ3n) is 6.15. The number of nitrogen functional groups attached to an aromatic ring is 1. The third kappa shape index (κ3) is 5.74. The van der Waals surface area contributed by atoms with Gasteiger partial charge in [0.25, 0.3) is 0 Å². The number of carbonyl (C=O) groups excluding carboxylic acids is 1. The van der Waals surface area contributed by atoms with E-state index in [4.69, 9.17) is 47.7 Å². The summed E-state index contributed by atoms with van der Waals surface area (Å²) in [4.78, 5) is 28.3. The third-order valence-corrected chi connectivity index (χ3v) is 9.19. The molecule has 7 atom stereocenters. The maximum Gasteiger partial charge on any atom is 0.349 e. The number of carbonyl (C=O) groups is 1. The molecule has 208 valence electrons. The average Bonchev–Trinajstić information content (AvgIpc) is 3.52. The molecule has 2 aliphatic rings. The van der Waals surface area contributed by atoms with Gasteiger partial charge in [0.05, 0.1) is 18.8 Å². The van der Waals surface area contributed by atoms with Crippen molar-refractivity contribution in [2.24, 2.45) is 0 Å². The molecule has 1 aliphatic heterocycles. The van der Waals surface area contributed by atoms with E-state index in [1.807, 2.05) is 0 Å². The molecular formula is C23H29ClFN4O7PS. The number of hydrogen-bond acceptors (Lipinski definition) is 10. The standard InChI is InChI=1S/C23H29ClFN4O7PS/c1-13(2)34-20(31)14(3)28-37(38,36-15-7-5-4-6-8-15)33-12-16-19(30)23(24,25)22(35-16)11-17(22)29-10-9-18(26)27-21(29)32/h4-10,13-14,16-17,19,30H,11-12H2,1-3H3,(H,28,38)(H2,26,27,32)/t14-,16?,17?,19-,22?,23+,37+/m1/s1. The van der Waals surface area contributed by atoms with Crippen LogP contribution in [0.25, 0.3) is 0 Å². The maximum atomic E-state index is 15.7. The largest absolute Gasteiger partial charge is 0.462 e. The van der Waals surface area contributed by atoms with Crippen LogP contribution in [0.4, 0.5) is 10.2 Å². The van der Waals surface area contributed by atoms with Gasteiger partial charge < -0.3 is 29.4 Å². The quantitative estimate of drug-likeness (QED) is 0.213. The van der Waals surface area contributed by atoms with Gasteiger partial charge in [-0.1, -0.05) is 29.8 Å². The van der Waals surface area contributed by atoms with Crippen LogP contribution >= 0.6 is 18.2 Å². The molecule has 2 heterocycles. The number of aromatic nitrogens is 2. The van der Waals surface area contributed by atoms with Crippen molar-refractivity contribution in [2.45, 2.75) is 68.3 Å². The number of halogens is 2. The molecule has 1 aromatic carbocycles. The molecule has 1 aromatic heterocycles. The van der Waals surface area contributed by atoms with E-state index < -0.39 is 59.9 Å². The number of aliphatic hydroxyl groups is 1. The van der Waals surface area contributed by atoms with Crippen LogP contribution in [0.2, 0.25) is 0 Å². The lowest BCUT2D eigenvalue weighted by atomic mass is 10.1. The molecule has 15 heteroatoms. The maximum absolute atomic E-state index is 15.7. The predicted molar refractivity (Wildman–Crippen MR) is 141 cm³/mol. The monoisotopic (exact) mass is 590 g/mol. The van der Waals surface area contributed by atoms with Gasteiger partial charge in [-0.25, -0.2) is 14.3 Å². The van der Waals surface area contributed by atoms with E-state index in [2.05, 4.69) is 10.1 Å². The first-order valence-electron chi connectivity index (χ1n) is 11.8. The molecule has 2 fully saturated rings. The van der Waals surface area contributed by atoms with Crippen molar-refractivity contribution in [3.8, 4) is 5.75 Å². The Morgan fingerprint density at radius 3 is 2.71 bits per heavy atom. The number of nitrogens with two attached hydrogens (primary N) is 1. The zero-order valence-corrected chi connectivity index (χ0v) is 23.3. The summed E-state index contributed by atoms with van der Waals surface area (Å²) in [6, 6.07) is 8.20. The van der Waals surface area contributed by atoms with Crippen LogP contribution in [0.1, 0.15) is 33.2 Å². The Bertz CT molecular complexity index is 1290. The number of esters is 1. The normalized spacial score (nSPS) is 30.7. The summed E-state index contributed by atoms with van der Waals surface area (Å²) < 4.78 is 39.8. The molecule has 0 bridgehead atoms. The molecule has 4 N–H and O–H groups in total. The minimum absolute atomic E-state index is 0.0110. The number of rotatable bonds is 10. The first-order valence-corrected chi connectivity index (χ1v) is 14.9. The highest BCUT2D eigenvalue weighted by Gasteiger charge is 2.78. The number of nitrogens with zero attached hydrogens (tertiary/aromatic N) is 2. The van der Waals surface area contributed by atoms with Crippen molar-refractivity contribution < 1.29 is 32.8 Å². The van der Waals surface area contributed by atoms with Crippen LogP contribution in [0.5, 0.6) is 5.75 Å². The van der Waals surface area contributed by atoms with Crippen molar-refractivity contribution >= 4 is 41.8 Å². The molecule has 2 aromatic rings. The van der Waals surface area contributed by atoms with Crippen LogP contribution in [-0.4, -0.2) is 62.3 Å². The molecule has 1 aliphatic carbocycles. The van der Waals surface area contributed by atoms with Gasteiger partial charge in [-0.05, 0) is 50.8 Å². The lowest BCUT2D eigenvalue weighted by molar-refractivity contribution is -0.149. The van der Waals surface area contributed by atoms with Gasteiger partial charge in [-0.2, -0.15) is 4.98 Å². The number of aliphatic hydroxyl groups excluding tert-OH is 1. The van der Waals surface area contributed by atoms with Gasteiger partial charge in [-0.15, -0.1) is 0 Å². The zero-order chi connectivity index (χ0) is 27.9. The molecule has 1 saturated carbocycles. The second-order valence-electron chi connectivity index (χ2n) is 9.41. The van der Waals surface area contributed by atoms with Gasteiger partial charge >= 0.3 is 18.3 Å². The van der Waals surface area contributed by atoms with Gasteiger partial charge in [-0.3, -0.25) is 9.36 Å². The topological polar surface area (TPSA) is 147 Å². The summed E-state index contributed by atoms with van der Waals surface area (Å²) in [5.41, 5.74) is 3.14. The van der Waals surface area contributed by atoms with Gasteiger partial charge in [0.2, 0.25) is 5.13 Å². The molecule has 38 heavy (non-hydrogen) atoms. The molecular weight excluding hydrogens is 562 g/mol. The van der Waals surface area contributed by atoms with Crippen molar-refractivity contribution in [3.63, 3.8) is 0 Å². The smallest absolute Gasteiger partial charge is 0.349 e. The fourth-order valence-corrected chi connectivity index (χ4v) is 7.03. The van der Waals surface area contributed by atoms with E-state index in [9.17, 15) is 14.7 Å². The number of hydrogen-bond donors (Lipinski definition) is 3. The number of nitrogens with one attached hydrogen (secondary N) is 1. The highest BCUT2D eigenvalue weighted by molar-refractivity contribution is 8.09. The Hall–Kier alpha value is -2.12. The minimum Gasteiger partial charge on any atom is -0.462 e. The zero-order valence-electron chi connectivity index (χ0n) is 20.8. The Labute approximate surface area is 228 Å². The number of alkyl halides is 2. The van der Waals surface area contributed by atoms with E-state index in [-0.39, 0.29) is 18.3 Å². The van der Waals surface area contributed by atoms with Gasteiger partial charge in [0.15, 0.2) is 0 Å². The fourth-order valence-electron chi connectivity index (χ4n) is 4.23. The highest BCUT2D eigenvalue weighted by atomic mass is 35.5. The van der Waals surface area contributed by atoms with Gasteiger partial charge in [0.1, 0.15) is 35.4 Å². The molecule has 4 rings (SSSR count). The predicted octanol–water partition coefficient (Wildman–Crippen LogP) is 2.42. The Morgan fingerprint density at radius 1 is 1.39 bits per heavy atom. The summed E-state index contributed by atoms with van der Waals surface area (Å²) in [6.45, 7) is 1.06. The molecule has 1 spiro atoms. The Balaban J connectivity index is 1.51. The van der Waals surface area contributed by atoms with Crippen LogP contribution in [0, 0.1) is 0 Å². The van der Waals surface area contributed by atoms with E-state index in [1.54, 1.807) is 44.2 Å². The van der Waals surface area contributed by atoms with E-state index in [0.29, 0.717) is 5.75 Å². The van der Waals surface area contributed by atoms with Crippen molar-refractivity contribution in [1.82, 2.24) is 14.6 Å². The van der Waals surface area contributed by atoms with Gasteiger partial charge in [0, 0.05) is 12.6 Å². The van der Waals surface area contributed by atoms with Crippen molar-refractivity contribution in [2.75, 3.05) is 12.3 Å². The number of benzene rings is 1. The summed E-state index contributed by atoms with van der Waals surface area (Å²) in [7, 11) is 0. The van der Waals surface area contributed by atoms with E-state index in [1.165, 1.54) is 19.2 Å².